The lowest BCUT2D eigenvalue weighted by atomic mass is 9.84. The molecule has 1 nitrogen and oxygen atoms in total. The van der Waals surface area contributed by atoms with Crippen LogP contribution in [0.2, 0.25) is 10.0 Å². The molecule has 0 unspecified atom stereocenters. The number of nitrogens with one attached hydrogen (secondary N) is 1. The van der Waals surface area contributed by atoms with Gasteiger partial charge in [0.05, 0.1) is 0 Å². The van der Waals surface area contributed by atoms with Gasteiger partial charge >= 0.3 is 0 Å². The molecule has 0 aromatic heterocycles. The fourth-order valence-electron chi connectivity index (χ4n) is 1.50. The minimum atomic E-state index is -0.0234. The Balaban J connectivity index is 2.93. The van der Waals surface area contributed by atoms with Gasteiger partial charge in [-0.15, -0.1) is 0 Å². The normalized spacial score (nSPS) is 11.8. The zero-order valence-corrected chi connectivity index (χ0v) is 11.3. The molecule has 0 spiro atoms. The largest absolute Gasteiger partial charge is 0.307 e. The molecule has 0 heterocycles. The van der Waals surface area contributed by atoms with Crippen molar-refractivity contribution in [1.29, 1.82) is 0 Å². The molecule has 1 rings (SSSR count). The molecule has 0 saturated carbocycles. The van der Waals surface area contributed by atoms with E-state index >= 15 is 0 Å². The van der Waals surface area contributed by atoms with Crippen LogP contribution in [0, 0.1) is 0 Å². The number of hydrogen-bond acceptors (Lipinski definition) is 2. The summed E-state index contributed by atoms with van der Waals surface area (Å²) in [4.78, 5) is 0. The predicted octanol–water partition coefficient (Wildman–Crippen LogP) is 3.75. The van der Waals surface area contributed by atoms with Gasteiger partial charge < -0.3 is 5.32 Å². The first-order valence-corrected chi connectivity index (χ1v) is 6.13. The maximum absolute atomic E-state index is 6.16. The lowest BCUT2D eigenvalue weighted by Gasteiger charge is -2.26. The number of benzene rings is 1. The number of halogens is 2. The highest BCUT2D eigenvalue weighted by Crippen LogP contribution is 2.31. The molecule has 0 aliphatic rings. The van der Waals surface area contributed by atoms with Crippen molar-refractivity contribution in [1.82, 2.24) is 5.32 Å². The fraction of sp³-hybridized carbons (Fsp3) is 0.455. The molecule has 4 heteroatoms. The van der Waals surface area contributed by atoms with Crippen molar-refractivity contribution < 1.29 is 0 Å². The van der Waals surface area contributed by atoms with Crippen LogP contribution in [-0.2, 0) is 5.41 Å². The molecule has 0 aliphatic heterocycles. The van der Waals surface area contributed by atoms with Crippen molar-refractivity contribution in [2.75, 3.05) is 12.4 Å². The van der Waals surface area contributed by atoms with Crippen LogP contribution in [0.1, 0.15) is 19.4 Å². The Bertz CT molecular complexity index is 339. The second kappa shape index (κ2) is 5.44. The van der Waals surface area contributed by atoms with Crippen LogP contribution in [0.15, 0.2) is 18.2 Å². The van der Waals surface area contributed by atoms with E-state index in [1.807, 2.05) is 12.1 Å². The summed E-state index contributed by atoms with van der Waals surface area (Å²) >= 11 is 16.1. The van der Waals surface area contributed by atoms with Gasteiger partial charge in [0, 0.05) is 27.9 Å². The summed E-state index contributed by atoms with van der Waals surface area (Å²) in [5.74, 6) is 0.661. The van der Waals surface area contributed by atoms with Crippen molar-refractivity contribution in [2.24, 2.45) is 0 Å². The second-order valence-electron chi connectivity index (χ2n) is 4.09. The third-order valence-corrected chi connectivity index (χ3v) is 3.11. The fourth-order valence-corrected chi connectivity index (χ4v) is 2.28. The molecule has 0 bridgehead atoms. The molecule has 0 amide bonds. The van der Waals surface area contributed by atoms with Gasteiger partial charge in [0.15, 0.2) is 0 Å². The highest BCUT2D eigenvalue weighted by atomic mass is 35.5. The molecule has 0 aliphatic carbocycles. The monoisotopic (exact) mass is 263 g/mol. The highest BCUT2D eigenvalue weighted by molar-refractivity contribution is 7.80. The Morgan fingerprint density at radius 1 is 1.33 bits per heavy atom. The van der Waals surface area contributed by atoms with E-state index in [1.54, 1.807) is 6.07 Å². The summed E-state index contributed by atoms with van der Waals surface area (Å²) < 4.78 is 0. The Hall–Kier alpha value is 0.110. The minimum Gasteiger partial charge on any atom is -0.307 e. The maximum Gasteiger partial charge on any atom is 0.0458 e. The van der Waals surface area contributed by atoms with Crippen LogP contribution in [-0.4, -0.2) is 12.4 Å². The van der Waals surface area contributed by atoms with Gasteiger partial charge in [0.1, 0.15) is 0 Å². The van der Waals surface area contributed by atoms with E-state index in [4.69, 9.17) is 23.2 Å². The number of hydrogen-bond donors (Lipinski definition) is 2. The number of thiol groups is 1. The molecule has 1 aromatic rings. The van der Waals surface area contributed by atoms with Crippen LogP contribution >= 0.6 is 35.8 Å². The Kier molecular flexibility index (Phi) is 4.78. The van der Waals surface area contributed by atoms with E-state index in [0.29, 0.717) is 15.9 Å². The second-order valence-corrected chi connectivity index (χ2v) is 5.25. The summed E-state index contributed by atoms with van der Waals surface area (Å²) in [6.07, 6.45) is 0. The van der Waals surface area contributed by atoms with E-state index < -0.39 is 0 Å². The van der Waals surface area contributed by atoms with Crippen LogP contribution in [0.3, 0.4) is 0 Å². The van der Waals surface area contributed by atoms with Crippen LogP contribution in [0.5, 0.6) is 0 Å². The molecule has 1 N–H and O–H groups in total. The van der Waals surface area contributed by atoms with Crippen molar-refractivity contribution in [3.63, 3.8) is 0 Å². The van der Waals surface area contributed by atoms with E-state index in [2.05, 4.69) is 31.8 Å². The molecule has 0 fully saturated rings. The lowest BCUT2D eigenvalue weighted by molar-refractivity contribution is 0.490. The van der Waals surface area contributed by atoms with Gasteiger partial charge in [0.25, 0.3) is 0 Å². The van der Waals surface area contributed by atoms with Gasteiger partial charge in [-0.25, -0.2) is 0 Å². The summed E-state index contributed by atoms with van der Waals surface area (Å²) in [7, 11) is 0. The molecule has 0 saturated heterocycles. The van der Waals surface area contributed by atoms with Gasteiger partial charge in [0.2, 0.25) is 0 Å². The predicted molar refractivity (Wildman–Crippen MR) is 71.3 cm³/mol. The molecule has 0 radical (unpaired) electrons. The molecule has 84 valence electrons. The summed E-state index contributed by atoms with van der Waals surface area (Å²) in [6, 6.07) is 5.62. The summed E-state index contributed by atoms with van der Waals surface area (Å²) in [6.45, 7) is 5.11. The quantitative estimate of drug-likeness (QED) is 0.623. The maximum atomic E-state index is 6.16. The van der Waals surface area contributed by atoms with Gasteiger partial charge in [-0.3, -0.25) is 0 Å². The third-order valence-electron chi connectivity index (χ3n) is 2.34. The van der Waals surface area contributed by atoms with E-state index in [-0.39, 0.29) is 5.41 Å². The summed E-state index contributed by atoms with van der Waals surface area (Å²) in [5, 5.41) is 4.59. The minimum absolute atomic E-state index is 0.0234. The molecular weight excluding hydrogens is 249 g/mol. The zero-order valence-electron chi connectivity index (χ0n) is 8.85. The topological polar surface area (TPSA) is 12.0 Å². The number of rotatable bonds is 4. The first-order chi connectivity index (χ1) is 6.97. The van der Waals surface area contributed by atoms with Crippen molar-refractivity contribution >= 4 is 35.8 Å². The van der Waals surface area contributed by atoms with E-state index in [9.17, 15) is 0 Å². The zero-order chi connectivity index (χ0) is 11.5. The average Bonchev–Trinajstić information content (AvgIpc) is 2.14. The first kappa shape index (κ1) is 13.2. The van der Waals surface area contributed by atoms with Crippen LogP contribution in [0.4, 0.5) is 0 Å². The van der Waals surface area contributed by atoms with Crippen molar-refractivity contribution in [3.8, 4) is 0 Å². The van der Waals surface area contributed by atoms with Crippen molar-refractivity contribution in [2.45, 2.75) is 19.3 Å². The molecular formula is C11H15Cl2NS. The first-order valence-electron chi connectivity index (χ1n) is 4.74. The van der Waals surface area contributed by atoms with Gasteiger partial charge in [-0.2, -0.15) is 12.6 Å². The highest BCUT2D eigenvalue weighted by Gasteiger charge is 2.22. The Labute approximate surface area is 107 Å². The smallest absolute Gasteiger partial charge is 0.0458 e. The molecule has 1 aromatic carbocycles. The standard InChI is InChI=1S/C11H15Cl2NS/c1-11(2,6-14-7-15)9-4-3-8(12)5-10(9)13/h3-5,14-15H,6-7H2,1-2H3. The van der Waals surface area contributed by atoms with E-state index in [1.165, 1.54) is 0 Å². The Morgan fingerprint density at radius 2 is 2.00 bits per heavy atom. The SMILES string of the molecule is CC(C)(CNCS)c1ccc(Cl)cc1Cl. The Morgan fingerprint density at radius 3 is 2.53 bits per heavy atom. The molecule has 0 atom stereocenters. The van der Waals surface area contributed by atoms with Gasteiger partial charge in [-0.1, -0.05) is 43.1 Å². The van der Waals surface area contributed by atoms with E-state index in [0.717, 1.165) is 12.1 Å². The third kappa shape index (κ3) is 3.56. The van der Waals surface area contributed by atoms with Crippen molar-refractivity contribution in [3.05, 3.63) is 33.8 Å². The average molecular weight is 264 g/mol. The summed E-state index contributed by atoms with van der Waals surface area (Å²) in [5.41, 5.74) is 1.08. The van der Waals surface area contributed by atoms with Gasteiger partial charge in [-0.05, 0) is 17.7 Å². The lowest BCUT2D eigenvalue weighted by Crippen LogP contribution is -2.32. The van der Waals surface area contributed by atoms with Crippen LogP contribution in [0.25, 0.3) is 0 Å². The van der Waals surface area contributed by atoms with Crippen LogP contribution < -0.4 is 5.32 Å². The molecule has 15 heavy (non-hydrogen) atoms.